The minimum absolute atomic E-state index is 0.220. The normalized spacial score (nSPS) is 13.0. The smallest absolute Gasteiger partial charge is 0.271 e. The highest BCUT2D eigenvalue weighted by atomic mass is 16.5. The van der Waals surface area contributed by atoms with Gasteiger partial charge in [-0.1, -0.05) is 0 Å². The molecule has 2 heterocycles. The highest BCUT2D eigenvalue weighted by Crippen LogP contribution is 2.38. The molecule has 1 fully saturated rings. The fourth-order valence-electron chi connectivity index (χ4n) is 3.98. The van der Waals surface area contributed by atoms with Crippen molar-refractivity contribution in [1.29, 1.82) is 0 Å². The first-order chi connectivity index (χ1) is 16.5. The van der Waals surface area contributed by atoms with Crippen LogP contribution in [0.2, 0.25) is 0 Å². The average Bonchev–Trinajstić information content (AvgIpc) is 3.42. The van der Waals surface area contributed by atoms with E-state index in [1.54, 1.807) is 56.7 Å². The summed E-state index contributed by atoms with van der Waals surface area (Å²) < 4.78 is 17.4. The van der Waals surface area contributed by atoms with Gasteiger partial charge in [-0.15, -0.1) is 5.10 Å². The van der Waals surface area contributed by atoms with E-state index >= 15 is 0 Å². The van der Waals surface area contributed by atoms with Crippen LogP contribution in [0, 0.1) is 0 Å². The fraction of sp³-hybridized carbons (Fsp3) is 0.320. The van der Waals surface area contributed by atoms with Gasteiger partial charge < -0.3 is 24.4 Å². The van der Waals surface area contributed by atoms with E-state index in [0.717, 1.165) is 37.3 Å². The van der Waals surface area contributed by atoms with Crippen LogP contribution in [0.15, 0.2) is 53.3 Å². The fourth-order valence-corrected chi connectivity index (χ4v) is 3.98. The summed E-state index contributed by atoms with van der Waals surface area (Å²) in [6, 6.07) is 13.7. The Morgan fingerprint density at radius 1 is 0.941 bits per heavy atom. The Morgan fingerprint density at radius 3 is 2.18 bits per heavy atom. The number of carbonyl (C=O) groups excluding carboxylic acids is 1. The van der Waals surface area contributed by atoms with Gasteiger partial charge in [0, 0.05) is 31.3 Å². The zero-order chi connectivity index (χ0) is 24.1. The van der Waals surface area contributed by atoms with Crippen LogP contribution >= 0.6 is 0 Å². The quantitative estimate of drug-likeness (QED) is 0.548. The van der Waals surface area contributed by atoms with Crippen molar-refractivity contribution in [3.63, 3.8) is 0 Å². The molecule has 0 radical (unpaired) electrons. The zero-order valence-electron chi connectivity index (χ0n) is 19.5. The molecule has 0 unspecified atom stereocenters. The average molecular weight is 465 g/mol. The third-order valence-electron chi connectivity index (χ3n) is 5.77. The first-order valence-corrected chi connectivity index (χ1v) is 11.1. The lowest BCUT2D eigenvalue weighted by Gasteiger charge is -2.17. The predicted molar refractivity (Wildman–Crippen MR) is 129 cm³/mol. The first-order valence-electron chi connectivity index (χ1n) is 11.1. The lowest BCUT2D eigenvalue weighted by atomic mass is 10.1. The molecule has 1 aromatic heterocycles. The topological polar surface area (TPSA) is 94.9 Å². The number of hydrogen-bond acceptors (Lipinski definition) is 7. The van der Waals surface area contributed by atoms with Crippen LogP contribution in [-0.2, 0) is 6.54 Å². The maximum Gasteiger partial charge on any atom is 0.271 e. The van der Waals surface area contributed by atoms with Gasteiger partial charge >= 0.3 is 0 Å². The molecule has 0 spiro atoms. The van der Waals surface area contributed by atoms with E-state index in [9.17, 15) is 9.59 Å². The number of amides is 1. The van der Waals surface area contributed by atoms with Crippen LogP contribution in [-0.4, -0.2) is 50.1 Å². The van der Waals surface area contributed by atoms with E-state index in [2.05, 4.69) is 15.3 Å². The molecule has 0 saturated carbocycles. The molecular weight excluding hydrogens is 436 g/mol. The molecule has 0 aliphatic carbocycles. The summed E-state index contributed by atoms with van der Waals surface area (Å²) in [7, 11) is 4.63. The van der Waals surface area contributed by atoms with E-state index in [-0.39, 0.29) is 18.0 Å². The van der Waals surface area contributed by atoms with Crippen molar-refractivity contribution >= 4 is 11.7 Å². The molecule has 1 N–H and O–H groups in total. The van der Waals surface area contributed by atoms with Crippen molar-refractivity contribution in [2.75, 3.05) is 39.3 Å². The van der Waals surface area contributed by atoms with Crippen molar-refractivity contribution in [1.82, 2.24) is 15.1 Å². The van der Waals surface area contributed by atoms with Crippen molar-refractivity contribution < 1.29 is 19.0 Å². The highest BCUT2D eigenvalue weighted by Gasteiger charge is 2.16. The molecule has 34 heavy (non-hydrogen) atoms. The summed E-state index contributed by atoms with van der Waals surface area (Å²) in [6.45, 7) is 2.16. The molecular formula is C25H28N4O5. The van der Waals surface area contributed by atoms with E-state index in [4.69, 9.17) is 14.2 Å². The second-order valence-electron chi connectivity index (χ2n) is 7.90. The zero-order valence-corrected chi connectivity index (χ0v) is 19.5. The summed E-state index contributed by atoms with van der Waals surface area (Å²) in [5.41, 5.74) is 1.66. The molecule has 2 aromatic carbocycles. The number of nitrogens with zero attached hydrogens (tertiary/aromatic N) is 3. The predicted octanol–water partition coefficient (Wildman–Crippen LogP) is 2.79. The molecule has 178 valence electrons. The van der Waals surface area contributed by atoms with Gasteiger partial charge in [0.1, 0.15) is 5.82 Å². The van der Waals surface area contributed by atoms with E-state index in [0.29, 0.717) is 28.5 Å². The second-order valence-corrected chi connectivity index (χ2v) is 7.90. The number of ether oxygens (including phenoxy) is 3. The Labute approximate surface area is 197 Å². The Kier molecular flexibility index (Phi) is 7.01. The number of methoxy groups -OCH3 is 3. The number of benzene rings is 2. The minimum Gasteiger partial charge on any atom is -0.493 e. The number of hydrogen-bond donors (Lipinski definition) is 1. The van der Waals surface area contributed by atoms with Gasteiger partial charge in [-0.25, -0.2) is 0 Å². The lowest BCUT2D eigenvalue weighted by Crippen LogP contribution is -2.26. The summed E-state index contributed by atoms with van der Waals surface area (Å²) in [6.07, 6.45) is 2.25. The maximum atomic E-state index is 12.7. The standard InChI is InChI=1S/C25H28N4O5/c1-32-20-14-17(15-21(33-2)24(20)34-3)16-26-25(31)18-6-8-19(9-7-18)29-23(30)11-10-22(27-29)28-12-4-5-13-28/h6-11,14-15H,4-5,12-13,16H2,1-3H3,(H,26,31). The molecule has 1 saturated heterocycles. The van der Waals surface area contributed by atoms with Gasteiger partial charge in [0.05, 0.1) is 27.0 Å². The van der Waals surface area contributed by atoms with Crippen molar-refractivity contribution in [3.8, 4) is 22.9 Å². The number of anilines is 1. The Bertz CT molecular complexity index is 1190. The Morgan fingerprint density at radius 2 is 1.59 bits per heavy atom. The summed E-state index contributed by atoms with van der Waals surface area (Å²) in [5, 5.41) is 7.41. The van der Waals surface area contributed by atoms with Crippen molar-refractivity contribution in [2.24, 2.45) is 0 Å². The van der Waals surface area contributed by atoms with Crippen molar-refractivity contribution in [2.45, 2.75) is 19.4 Å². The number of nitrogens with one attached hydrogen (secondary N) is 1. The molecule has 3 aromatic rings. The van der Waals surface area contributed by atoms with Crippen LogP contribution in [0.4, 0.5) is 5.82 Å². The number of aromatic nitrogens is 2. The first kappa shape index (κ1) is 23.2. The van der Waals surface area contributed by atoms with E-state index in [1.807, 2.05) is 0 Å². The largest absolute Gasteiger partial charge is 0.493 e. The van der Waals surface area contributed by atoms with Crippen molar-refractivity contribution in [3.05, 3.63) is 70.0 Å². The van der Waals surface area contributed by atoms with Crippen LogP contribution in [0.3, 0.4) is 0 Å². The molecule has 9 nitrogen and oxygen atoms in total. The molecule has 4 rings (SSSR count). The Balaban J connectivity index is 1.47. The van der Waals surface area contributed by atoms with Crippen LogP contribution in [0.25, 0.3) is 5.69 Å². The number of carbonyl (C=O) groups is 1. The highest BCUT2D eigenvalue weighted by molar-refractivity contribution is 5.94. The molecule has 0 bridgehead atoms. The molecule has 9 heteroatoms. The molecule has 0 atom stereocenters. The van der Waals surface area contributed by atoms with Gasteiger partial charge in [-0.2, -0.15) is 4.68 Å². The lowest BCUT2D eigenvalue weighted by molar-refractivity contribution is 0.0951. The van der Waals surface area contributed by atoms with Crippen LogP contribution in [0.1, 0.15) is 28.8 Å². The van der Waals surface area contributed by atoms with E-state index < -0.39 is 0 Å². The minimum atomic E-state index is -0.244. The van der Waals surface area contributed by atoms with Gasteiger partial charge in [-0.05, 0) is 60.9 Å². The second kappa shape index (κ2) is 10.3. The van der Waals surface area contributed by atoms with E-state index in [1.165, 1.54) is 17.9 Å². The summed E-state index contributed by atoms with van der Waals surface area (Å²) in [5.74, 6) is 2.07. The monoisotopic (exact) mass is 464 g/mol. The third-order valence-corrected chi connectivity index (χ3v) is 5.77. The Hall–Kier alpha value is -4.01. The number of rotatable bonds is 8. The molecule has 1 aliphatic rings. The van der Waals surface area contributed by atoms with Gasteiger partial charge in [0.15, 0.2) is 11.5 Å². The van der Waals surface area contributed by atoms with Gasteiger partial charge in [-0.3, -0.25) is 9.59 Å². The summed E-state index contributed by atoms with van der Waals surface area (Å²) in [4.78, 5) is 27.3. The SMILES string of the molecule is COc1cc(CNC(=O)c2ccc(-n3nc(N4CCCC4)ccc3=O)cc2)cc(OC)c1OC. The molecule has 1 amide bonds. The third kappa shape index (κ3) is 4.83. The molecule has 1 aliphatic heterocycles. The summed E-state index contributed by atoms with van der Waals surface area (Å²) >= 11 is 0. The van der Waals surface area contributed by atoms with Gasteiger partial charge in [0.25, 0.3) is 11.5 Å². The van der Waals surface area contributed by atoms with Crippen LogP contribution in [0.5, 0.6) is 17.2 Å². The van der Waals surface area contributed by atoms with Crippen LogP contribution < -0.4 is 30.0 Å². The maximum absolute atomic E-state index is 12.7. The van der Waals surface area contributed by atoms with Gasteiger partial charge in [0.2, 0.25) is 5.75 Å².